The van der Waals surface area contributed by atoms with Crippen LogP contribution in [0.3, 0.4) is 0 Å². The van der Waals surface area contributed by atoms with Gasteiger partial charge in [0.25, 0.3) is 0 Å². The lowest BCUT2D eigenvalue weighted by Crippen LogP contribution is -2.48. The fraction of sp³-hybridized carbons (Fsp3) is 0.684. The Morgan fingerprint density at radius 2 is 0.670 bits per heavy atom. The normalized spacial score (nSPS) is 45.5. The van der Waals surface area contributed by atoms with Crippen LogP contribution in [0.1, 0.15) is 293 Å². The highest BCUT2D eigenvalue weighted by molar-refractivity contribution is 5.54. The Morgan fingerprint density at radius 3 is 0.965 bits per heavy atom. The van der Waals surface area contributed by atoms with E-state index in [4.69, 9.17) is 115 Å². The van der Waals surface area contributed by atoms with Gasteiger partial charge in [0, 0.05) is 134 Å². The predicted molar refractivity (Wildman–Crippen MR) is 456 cm³/mol. The number of piperidine rings is 5. The lowest BCUT2D eigenvalue weighted by molar-refractivity contribution is -0.0192. The number of aliphatic hydroxyl groups excluding tert-OH is 3. The molecule has 15 rings (SSSR count). The first-order valence-electron chi connectivity index (χ1n) is 65.1. The SMILES string of the molecule is [2H]c1c(OC([2H])([2H])[2H])c(OC)c([2H])c2c1C1([2H])CC(O)C(CC(C)C)CN1C([2H])([2H])C2([2H])[2H].[2H]c1c(OC)c(OC)c([2H])c2c1C1([2H])CC(O)C(CC(C)C)CN1C([2H])([2H])C2([2H])[2H].[2H]c1c(OC)c(OC)c([2H])c2c1C1([2H])CC(O)C(CC(C)C)CN1C([2H])([2H])C2([2H])[2H].[2H]c1c2c(c([2H])c(OC([2H])([2H])[2H])c1OC)C1([2H])N(CC2)C([2H])([2H])C([2H])(C([2H])([2H])C([2H])(C)C([2H])([2H])[2H])C([2H])(O)C1([2H])[2H].[2H]c1c2c(c([2H])c(OC([2H])([2H])[2H])c1OC)C1([2H])N(CC2)C([2H])([2H])C([2H])(CC(C)C)C([2H])(O)C1([2H])[2H]. The van der Waals surface area contributed by atoms with Gasteiger partial charge in [-0.05, 0) is 271 Å². The van der Waals surface area contributed by atoms with Crippen molar-refractivity contribution in [3.05, 3.63) is 116 Å². The maximum Gasteiger partial charge on any atom is 0.161 e. The Balaban J connectivity index is 0.000000198. The molecule has 5 N–H and O–H groups in total. The molecule has 16 unspecified atom stereocenters. The van der Waals surface area contributed by atoms with Crippen molar-refractivity contribution < 1.29 is 147 Å². The lowest BCUT2D eigenvalue weighted by Gasteiger charge is -2.46. The molecule has 10 heterocycles. The number of aliphatic hydroxyl groups is 5. The van der Waals surface area contributed by atoms with Crippen LogP contribution in [0.4, 0.5) is 0 Å². The number of ether oxygens (including phenoxy) is 10. The van der Waals surface area contributed by atoms with Crippen LogP contribution in [0.2, 0.25) is 0 Å². The molecule has 5 aromatic carbocycles. The van der Waals surface area contributed by atoms with E-state index in [-0.39, 0.29) is 144 Å². The minimum atomic E-state index is -4.35. The number of nitrogens with zero attached hydrogens (tertiary/aromatic N) is 5. The first-order valence-corrected chi connectivity index (χ1v) is 38.1. The molecule has 5 saturated heterocycles. The van der Waals surface area contributed by atoms with Crippen LogP contribution in [0.5, 0.6) is 57.5 Å². The number of rotatable bonds is 20. The zero-order valence-corrected chi connectivity index (χ0v) is 67.7. The van der Waals surface area contributed by atoms with E-state index in [2.05, 4.69) is 0 Å². The first kappa shape index (κ1) is 42.3. The molecule has 640 valence electrons. The molecule has 0 aliphatic carbocycles. The second-order valence-electron chi connectivity index (χ2n) is 30.5. The summed E-state index contributed by atoms with van der Waals surface area (Å²) in [7, 11) is -1.01. The van der Waals surface area contributed by atoms with Crippen molar-refractivity contribution in [1.82, 2.24) is 24.5 Å². The highest BCUT2D eigenvalue weighted by Gasteiger charge is 2.45. The van der Waals surface area contributed by atoms with E-state index in [1.54, 1.807) is 13.8 Å². The summed E-state index contributed by atoms with van der Waals surface area (Å²) in [6.07, 6.45) is -30.4. The van der Waals surface area contributed by atoms with E-state index in [1.807, 2.05) is 41.5 Å². The van der Waals surface area contributed by atoms with Gasteiger partial charge in [-0.2, -0.15) is 0 Å². The molecule has 0 aromatic heterocycles. The van der Waals surface area contributed by atoms with Gasteiger partial charge in [-0.1, -0.05) is 69.2 Å². The zero-order valence-electron chi connectivity index (χ0n) is 122. The molecule has 10 aliphatic rings. The summed E-state index contributed by atoms with van der Waals surface area (Å²) in [5, 5.41) is 55.1. The molecule has 0 saturated carbocycles. The molecule has 5 aromatic rings. The van der Waals surface area contributed by atoms with Crippen molar-refractivity contribution in [2.75, 3.05) is 136 Å². The Morgan fingerprint density at radius 1 is 0.391 bits per heavy atom. The van der Waals surface area contributed by atoms with Crippen molar-refractivity contribution in [2.24, 2.45) is 59.1 Å². The summed E-state index contributed by atoms with van der Waals surface area (Å²) in [6, 6.07) is -18.3. The van der Waals surface area contributed by atoms with Crippen LogP contribution in [0.15, 0.2) is 60.4 Å². The van der Waals surface area contributed by atoms with Crippen molar-refractivity contribution in [3.8, 4) is 57.5 Å². The van der Waals surface area contributed by atoms with Crippen molar-refractivity contribution in [1.29, 1.82) is 0 Å². The van der Waals surface area contributed by atoms with Crippen LogP contribution in [-0.4, -0.2) is 217 Å². The third-order valence-corrected chi connectivity index (χ3v) is 20.4. The summed E-state index contributed by atoms with van der Waals surface area (Å²) < 4.78 is 507. The lowest BCUT2D eigenvalue weighted by atomic mass is 9.79. The van der Waals surface area contributed by atoms with E-state index >= 15 is 0 Å². The smallest absolute Gasteiger partial charge is 0.161 e. The largest absolute Gasteiger partial charge is 0.493 e. The number of hydrogen-bond acceptors (Lipinski definition) is 20. The minimum absolute atomic E-state index is 0.0318. The highest BCUT2D eigenvalue weighted by atomic mass is 16.5. The molecule has 0 radical (unpaired) electrons. The molecule has 16 atom stereocenters. The van der Waals surface area contributed by atoms with Crippen molar-refractivity contribution >= 4 is 0 Å². The molecule has 10 aliphatic heterocycles. The Bertz CT molecular complexity index is 6560. The van der Waals surface area contributed by atoms with Gasteiger partial charge in [-0.15, -0.1) is 0 Å². The monoisotopic (exact) mass is 1650 g/mol. The molecule has 0 spiro atoms. The maximum atomic E-state index is 11.4. The van der Waals surface area contributed by atoms with Crippen LogP contribution >= 0.6 is 0 Å². The van der Waals surface area contributed by atoms with Gasteiger partial charge in [-0.3, -0.25) is 24.5 Å². The summed E-state index contributed by atoms with van der Waals surface area (Å²) in [4.78, 5) is 4.15. The van der Waals surface area contributed by atoms with E-state index in [0.29, 0.717) is 31.1 Å². The number of fused-ring (bicyclic) bond motifs is 15. The fourth-order valence-corrected chi connectivity index (χ4v) is 15.1. The predicted octanol–water partition coefficient (Wildman–Crippen LogP) is 15.1. The van der Waals surface area contributed by atoms with Gasteiger partial charge < -0.3 is 72.9 Å². The minimum Gasteiger partial charge on any atom is -0.493 e. The van der Waals surface area contributed by atoms with Crippen molar-refractivity contribution in [2.45, 2.75) is 226 Å². The molecule has 115 heavy (non-hydrogen) atoms. The van der Waals surface area contributed by atoms with E-state index < -0.39 is 324 Å². The van der Waals surface area contributed by atoms with Crippen LogP contribution < -0.4 is 47.4 Å². The van der Waals surface area contributed by atoms with Crippen molar-refractivity contribution in [3.63, 3.8) is 0 Å². The quantitative estimate of drug-likeness (QED) is 0.0491. The fourth-order valence-electron chi connectivity index (χ4n) is 15.1. The van der Waals surface area contributed by atoms with E-state index in [9.17, 15) is 32.4 Å². The third kappa shape index (κ3) is 21.1. The maximum absolute atomic E-state index is 11.4. The zero-order chi connectivity index (χ0) is 130. The Labute approximate surface area is 765 Å². The standard InChI is InChI=1S/5C19H29NO3/c5*1-12(2)7-14-11-20-6-5-13-8-18(22-3)19(23-4)9-15(13)16(20)10-17(14)21/h5*8-9,12,14,16-17,21H,5-7,10-11H2,1-4H3/i1D3,4D3,7D2,8D,9D,10D2,11D2,12D,14D,16D,17D;4D3,8D,9D,10D2,11D2,14D,16D,17D;4D3,5D2,6D2,8D,9D,16D;2*5D2,6D2,8D,9D,16D. The molecule has 20 nitrogen and oxygen atoms in total. The molecule has 5 fully saturated rings. The van der Waals surface area contributed by atoms with Gasteiger partial charge in [0.05, 0.1) is 137 Å². The molecule has 0 bridgehead atoms. The average molecular weight is 1650 g/mol. The van der Waals surface area contributed by atoms with Crippen LogP contribution in [0.25, 0.3) is 0 Å². The second-order valence-corrected chi connectivity index (χ2v) is 30.5. The summed E-state index contributed by atoms with van der Waals surface area (Å²) in [5.41, 5.74) is -3.97. The topological polar surface area (TPSA) is 210 Å². The van der Waals surface area contributed by atoms with Gasteiger partial charge in [0.2, 0.25) is 0 Å². The molecular formula is C95H145N5O15. The average Bonchev–Trinajstić information content (AvgIpc) is 0.634. The van der Waals surface area contributed by atoms with Gasteiger partial charge in [0.1, 0.15) is 0 Å². The van der Waals surface area contributed by atoms with Gasteiger partial charge in [0.15, 0.2) is 57.5 Å². The number of methoxy groups -OCH3 is 10. The molecule has 20 heteroatoms. The number of benzene rings is 5. The van der Waals surface area contributed by atoms with Gasteiger partial charge in [-0.25, -0.2) is 0 Å². The Hall–Kier alpha value is -6.30. The first-order chi connectivity index (χ1) is 76.0. The van der Waals surface area contributed by atoms with Crippen LogP contribution in [0, 0.1) is 59.1 Å². The molecule has 0 amide bonds. The summed E-state index contributed by atoms with van der Waals surface area (Å²) >= 11 is 0. The summed E-state index contributed by atoms with van der Waals surface area (Å²) in [5.74, 6) is -15.6. The third-order valence-electron chi connectivity index (χ3n) is 20.4. The summed E-state index contributed by atoms with van der Waals surface area (Å²) in [6.45, 7) is -4.13. The van der Waals surface area contributed by atoms with Gasteiger partial charge >= 0.3 is 0 Å². The number of hydrogen-bond donors (Lipinski definition) is 5. The van der Waals surface area contributed by atoms with Crippen LogP contribution in [-0.2, 0) is 32.0 Å². The second kappa shape index (κ2) is 40.6. The van der Waals surface area contributed by atoms with E-state index in [0.717, 1.165) is 36.0 Å². The van der Waals surface area contributed by atoms with E-state index in [1.165, 1.54) is 28.4 Å². The Kier molecular flexibility index (Phi) is 14.9. The molecular weight excluding hydrogens is 1450 g/mol. The highest BCUT2D eigenvalue weighted by Crippen LogP contribution is 2.50.